The van der Waals surface area contributed by atoms with Gasteiger partial charge in [0.05, 0.1) is 20.8 Å². The van der Waals surface area contributed by atoms with Gasteiger partial charge in [-0.05, 0) is 39.8 Å². The molecule has 2 amide bonds. The van der Waals surface area contributed by atoms with Gasteiger partial charge in [0.15, 0.2) is 5.69 Å². The molecule has 0 aliphatic carbocycles. The number of benzene rings is 1. The molecule has 1 N–H and O–H groups in total. The van der Waals surface area contributed by atoms with Gasteiger partial charge in [0, 0.05) is 12.1 Å². The lowest BCUT2D eigenvalue weighted by molar-refractivity contribution is 0.0665. The van der Waals surface area contributed by atoms with Crippen LogP contribution in [0.2, 0.25) is 0 Å². The molecule has 152 valence electrons. The number of oxazole rings is 1. The lowest BCUT2D eigenvalue weighted by atomic mass is 10.1. The lowest BCUT2D eigenvalue weighted by Gasteiger charge is -2.26. The molecule has 0 saturated heterocycles. The van der Waals surface area contributed by atoms with Gasteiger partial charge in [-0.3, -0.25) is 9.59 Å². The van der Waals surface area contributed by atoms with E-state index < -0.39 is 0 Å². The quantitative estimate of drug-likeness (QED) is 0.746. The number of hydrogen-bond acceptors (Lipinski definition) is 6. The van der Waals surface area contributed by atoms with Gasteiger partial charge < -0.3 is 24.1 Å². The van der Waals surface area contributed by atoms with E-state index in [4.69, 9.17) is 13.9 Å². The summed E-state index contributed by atoms with van der Waals surface area (Å²) in [5, 5.41) is 2.75. The van der Waals surface area contributed by atoms with Gasteiger partial charge >= 0.3 is 0 Å². The number of carbonyl (C=O) groups excluding carboxylic acids is 2. The Morgan fingerprint density at radius 1 is 1.14 bits per heavy atom. The van der Waals surface area contributed by atoms with Crippen LogP contribution in [0, 0.1) is 0 Å². The molecular formula is C20H27N3O5. The molecule has 0 spiro atoms. The van der Waals surface area contributed by atoms with Crippen molar-refractivity contribution >= 4 is 11.8 Å². The molecule has 1 aromatic heterocycles. The number of nitrogens with one attached hydrogen (secondary N) is 1. The third-order valence-electron chi connectivity index (χ3n) is 4.04. The zero-order valence-electron chi connectivity index (χ0n) is 17.1. The molecule has 0 aliphatic rings. The molecule has 0 atom stereocenters. The molecular weight excluding hydrogens is 362 g/mol. The molecule has 8 nitrogen and oxygen atoms in total. The second kappa shape index (κ2) is 9.25. The summed E-state index contributed by atoms with van der Waals surface area (Å²) in [5.74, 6) is 0.498. The Hall–Kier alpha value is -3.03. The average molecular weight is 389 g/mol. The van der Waals surface area contributed by atoms with Crippen LogP contribution in [0.5, 0.6) is 11.5 Å². The summed E-state index contributed by atoms with van der Waals surface area (Å²) in [5.41, 5.74) is 0.500. The van der Waals surface area contributed by atoms with Crippen LogP contribution in [0.25, 0.3) is 0 Å². The predicted molar refractivity (Wildman–Crippen MR) is 104 cm³/mol. The van der Waals surface area contributed by atoms with E-state index in [0.29, 0.717) is 17.1 Å². The molecule has 0 aliphatic heterocycles. The maximum atomic E-state index is 13.3. The van der Waals surface area contributed by atoms with Crippen molar-refractivity contribution in [3.8, 4) is 11.5 Å². The van der Waals surface area contributed by atoms with Gasteiger partial charge in [-0.25, -0.2) is 4.98 Å². The fourth-order valence-corrected chi connectivity index (χ4v) is 2.66. The summed E-state index contributed by atoms with van der Waals surface area (Å²) in [6.07, 6.45) is 1.29. The van der Waals surface area contributed by atoms with Crippen molar-refractivity contribution in [2.75, 3.05) is 14.2 Å². The summed E-state index contributed by atoms with van der Waals surface area (Å²) in [6.45, 7) is 7.59. The van der Waals surface area contributed by atoms with Crippen LogP contribution in [-0.4, -0.2) is 48.0 Å². The first-order valence-corrected chi connectivity index (χ1v) is 9.05. The number of nitrogens with zero attached hydrogens (tertiary/aromatic N) is 2. The molecule has 28 heavy (non-hydrogen) atoms. The molecule has 0 unspecified atom stereocenters. The number of amides is 2. The van der Waals surface area contributed by atoms with Crippen LogP contribution >= 0.6 is 0 Å². The number of rotatable bonds is 8. The lowest BCUT2D eigenvalue weighted by Crippen LogP contribution is -2.37. The van der Waals surface area contributed by atoms with Crippen LogP contribution in [-0.2, 0) is 6.54 Å². The number of aromatic nitrogens is 1. The Kier molecular flexibility index (Phi) is 7.03. The van der Waals surface area contributed by atoms with Crippen LogP contribution in [0.3, 0.4) is 0 Å². The molecule has 0 radical (unpaired) electrons. The van der Waals surface area contributed by atoms with Gasteiger partial charge in [-0.1, -0.05) is 6.07 Å². The van der Waals surface area contributed by atoms with E-state index in [1.54, 1.807) is 23.1 Å². The number of ether oxygens (including phenoxy) is 2. The highest BCUT2D eigenvalue weighted by atomic mass is 16.5. The zero-order valence-corrected chi connectivity index (χ0v) is 17.1. The number of methoxy groups -OCH3 is 2. The van der Waals surface area contributed by atoms with Crippen molar-refractivity contribution in [3.05, 3.63) is 41.6 Å². The monoisotopic (exact) mass is 389 g/mol. The Labute approximate surface area is 164 Å². The Balaban J connectivity index is 2.29. The van der Waals surface area contributed by atoms with Crippen molar-refractivity contribution in [3.63, 3.8) is 0 Å². The second-order valence-electron chi connectivity index (χ2n) is 6.82. The van der Waals surface area contributed by atoms with Crippen molar-refractivity contribution in [2.24, 2.45) is 0 Å². The smallest absolute Gasteiger partial charge is 0.273 e. The summed E-state index contributed by atoms with van der Waals surface area (Å²) >= 11 is 0. The van der Waals surface area contributed by atoms with E-state index in [9.17, 15) is 9.59 Å². The van der Waals surface area contributed by atoms with Gasteiger partial charge in [-0.15, -0.1) is 0 Å². The Bertz CT molecular complexity index is 807. The summed E-state index contributed by atoms with van der Waals surface area (Å²) in [7, 11) is 3.00. The molecule has 0 saturated carbocycles. The van der Waals surface area contributed by atoms with E-state index in [1.807, 2.05) is 27.7 Å². The van der Waals surface area contributed by atoms with Crippen molar-refractivity contribution < 1.29 is 23.5 Å². The Morgan fingerprint density at radius 2 is 1.75 bits per heavy atom. The molecule has 1 aromatic carbocycles. The molecule has 0 bridgehead atoms. The molecule has 2 rings (SSSR count). The van der Waals surface area contributed by atoms with E-state index in [-0.39, 0.29) is 42.0 Å². The zero-order chi connectivity index (χ0) is 20.8. The minimum atomic E-state index is -0.321. The van der Waals surface area contributed by atoms with E-state index in [2.05, 4.69) is 10.3 Å². The van der Waals surface area contributed by atoms with E-state index in [1.165, 1.54) is 20.5 Å². The highest BCUT2D eigenvalue weighted by Crippen LogP contribution is 2.30. The Morgan fingerprint density at radius 3 is 2.25 bits per heavy atom. The van der Waals surface area contributed by atoms with E-state index in [0.717, 1.165) is 0 Å². The molecule has 1 heterocycles. The third kappa shape index (κ3) is 4.82. The SMILES string of the molecule is COc1cccc(OC)c1C(=O)N(Cc1nc(C(=O)NC(C)C)co1)C(C)C. The fraction of sp³-hybridized carbons (Fsp3) is 0.450. The van der Waals surface area contributed by atoms with Crippen LogP contribution in [0.4, 0.5) is 0 Å². The predicted octanol–water partition coefficient (Wildman–Crippen LogP) is 2.88. The first-order chi connectivity index (χ1) is 13.3. The summed E-state index contributed by atoms with van der Waals surface area (Å²) in [6, 6.07) is 4.99. The standard InChI is InChI=1S/C20H27N3O5/c1-12(2)21-19(24)14-11-28-17(22-14)10-23(13(3)4)20(25)18-15(26-5)8-7-9-16(18)27-6/h7-9,11-13H,10H2,1-6H3,(H,21,24). The van der Waals surface area contributed by atoms with Gasteiger partial charge in [0.1, 0.15) is 23.3 Å². The minimum absolute atomic E-state index is 0.0144. The molecule has 0 fully saturated rings. The second-order valence-corrected chi connectivity index (χ2v) is 6.82. The average Bonchev–Trinajstić information content (AvgIpc) is 3.13. The summed E-state index contributed by atoms with van der Waals surface area (Å²) < 4.78 is 16.1. The van der Waals surface area contributed by atoms with Gasteiger partial charge in [0.2, 0.25) is 5.89 Å². The minimum Gasteiger partial charge on any atom is -0.496 e. The topological polar surface area (TPSA) is 93.9 Å². The maximum Gasteiger partial charge on any atom is 0.273 e. The van der Waals surface area contributed by atoms with Crippen LogP contribution < -0.4 is 14.8 Å². The van der Waals surface area contributed by atoms with Crippen LogP contribution in [0.15, 0.2) is 28.9 Å². The molecule has 2 aromatic rings. The van der Waals surface area contributed by atoms with Gasteiger partial charge in [0.25, 0.3) is 11.8 Å². The largest absolute Gasteiger partial charge is 0.496 e. The maximum absolute atomic E-state index is 13.3. The fourth-order valence-electron chi connectivity index (χ4n) is 2.66. The van der Waals surface area contributed by atoms with Crippen molar-refractivity contribution in [1.82, 2.24) is 15.2 Å². The van der Waals surface area contributed by atoms with Crippen molar-refractivity contribution in [1.29, 1.82) is 0 Å². The highest BCUT2D eigenvalue weighted by Gasteiger charge is 2.27. The third-order valence-corrected chi connectivity index (χ3v) is 4.04. The number of carbonyl (C=O) groups is 2. The normalized spacial score (nSPS) is 10.9. The van der Waals surface area contributed by atoms with Crippen molar-refractivity contribution in [2.45, 2.75) is 46.3 Å². The molecule has 8 heteroatoms. The first-order valence-electron chi connectivity index (χ1n) is 9.05. The number of hydrogen-bond donors (Lipinski definition) is 1. The summed E-state index contributed by atoms with van der Waals surface area (Å²) in [4.78, 5) is 31.1. The van der Waals surface area contributed by atoms with Gasteiger partial charge in [-0.2, -0.15) is 0 Å². The first kappa shape index (κ1) is 21.3. The highest BCUT2D eigenvalue weighted by molar-refractivity contribution is 6.00. The van der Waals surface area contributed by atoms with Crippen LogP contribution in [0.1, 0.15) is 54.4 Å². The van der Waals surface area contributed by atoms with E-state index >= 15 is 0 Å².